The van der Waals surface area contributed by atoms with Crippen molar-refractivity contribution in [2.45, 2.75) is 64.8 Å². The van der Waals surface area contributed by atoms with Gasteiger partial charge in [-0.1, -0.05) is 13.8 Å². The summed E-state index contributed by atoms with van der Waals surface area (Å²) in [6.45, 7) is 5.55. The zero-order chi connectivity index (χ0) is 30.5. The maximum absolute atomic E-state index is 13.9. The summed E-state index contributed by atoms with van der Waals surface area (Å²) in [4.78, 5) is 25.3. The highest BCUT2D eigenvalue weighted by Crippen LogP contribution is 2.36. The number of carbonyl (C=O) groups is 1. The fourth-order valence-corrected chi connectivity index (χ4v) is 5.65. The summed E-state index contributed by atoms with van der Waals surface area (Å²) in [5.41, 5.74) is 1.39. The molecule has 2 aromatic carbocycles. The predicted molar refractivity (Wildman–Crippen MR) is 145 cm³/mol. The number of aryl methyl sites for hydroxylation is 1. The van der Waals surface area contributed by atoms with Gasteiger partial charge >= 0.3 is 0 Å². The number of nitrogens with zero attached hydrogens (tertiary/aromatic N) is 4. The van der Waals surface area contributed by atoms with Crippen molar-refractivity contribution in [3.05, 3.63) is 76.0 Å². The van der Waals surface area contributed by atoms with Gasteiger partial charge in [-0.3, -0.25) is 9.69 Å². The van der Waals surface area contributed by atoms with E-state index in [1.807, 2.05) is 18.7 Å². The third-order valence-corrected chi connectivity index (χ3v) is 7.79. The molecule has 0 radical (unpaired) electrons. The van der Waals surface area contributed by atoms with E-state index in [1.165, 1.54) is 0 Å². The summed E-state index contributed by atoms with van der Waals surface area (Å²) in [6, 6.07) is 2.76. The van der Waals surface area contributed by atoms with E-state index in [-0.39, 0.29) is 48.1 Å². The first-order valence-corrected chi connectivity index (χ1v) is 13.5. The average Bonchev–Trinajstić information content (AvgIpc) is 2.88. The Morgan fingerprint density at radius 1 is 0.929 bits per heavy atom. The molecule has 1 atom stereocenters. The van der Waals surface area contributed by atoms with Crippen LogP contribution in [0.2, 0.25) is 0 Å². The summed E-state index contributed by atoms with van der Waals surface area (Å²) >= 11 is 0. The largest absolute Gasteiger partial charge is 0.351 e. The van der Waals surface area contributed by atoms with E-state index in [9.17, 15) is 31.1 Å². The molecular formula is C29H30F6N6O. The van der Waals surface area contributed by atoms with Crippen molar-refractivity contribution < 1.29 is 31.1 Å². The van der Waals surface area contributed by atoms with E-state index in [0.29, 0.717) is 36.0 Å². The molecule has 1 aliphatic heterocycles. The van der Waals surface area contributed by atoms with Crippen molar-refractivity contribution in [1.29, 1.82) is 0 Å². The van der Waals surface area contributed by atoms with Crippen LogP contribution in [0.3, 0.4) is 0 Å². The van der Waals surface area contributed by atoms with Gasteiger partial charge in [-0.2, -0.15) is 4.98 Å². The molecule has 0 unspecified atom stereocenters. The highest BCUT2D eigenvalue weighted by atomic mass is 19.2. The molecule has 7 nitrogen and oxygen atoms in total. The standard InChI is InChI=1S/C29H30F6N6O/c1-13(2)26-28(42)38-25-14(3)36-29(39-27(25)40(26)4)37-17-9-18(10-17)41(11-15-5-19(30)23(34)20(31)6-15)12-16-7-21(32)24(35)22(33)8-16/h5-8,13,17-18,26H,9-12H2,1-4H3,(H,38,42)(H,36,37,39)/t17?,18?,26-/m0/s1. The van der Waals surface area contributed by atoms with E-state index < -0.39 is 40.9 Å². The molecule has 0 bridgehead atoms. The zero-order valence-corrected chi connectivity index (χ0v) is 23.4. The molecule has 2 heterocycles. The van der Waals surface area contributed by atoms with Gasteiger partial charge in [0.1, 0.15) is 11.7 Å². The van der Waals surface area contributed by atoms with Crippen molar-refractivity contribution >= 4 is 23.4 Å². The van der Waals surface area contributed by atoms with Crippen LogP contribution < -0.4 is 15.5 Å². The lowest BCUT2D eigenvalue weighted by Crippen LogP contribution is -2.50. The molecule has 1 fully saturated rings. The van der Waals surface area contributed by atoms with Crippen molar-refractivity contribution in [2.24, 2.45) is 5.92 Å². The van der Waals surface area contributed by atoms with Crippen LogP contribution >= 0.6 is 0 Å². The third kappa shape index (κ3) is 5.74. The number of fused-ring (bicyclic) bond motifs is 1. The lowest BCUT2D eigenvalue weighted by Gasteiger charge is -2.43. The second-order valence-electron chi connectivity index (χ2n) is 11.2. The average molecular weight is 593 g/mol. The Bertz CT molecular complexity index is 1420. The molecule has 0 saturated heterocycles. The van der Waals surface area contributed by atoms with Crippen LogP contribution in [0.15, 0.2) is 24.3 Å². The van der Waals surface area contributed by atoms with Gasteiger partial charge in [0.25, 0.3) is 0 Å². The minimum Gasteiger partial charge on any atom is -0.351 e. The number of rotatable bonds is 8. The molecule has 2 aliphatic rings. The van der Waals surface area contributed by atoms with Crippen LogP contribution in [-0.2, 0) is 17.9 Å². The molecule has 0 spiro atoms. The molecule has 5 rings (SSSR count). The van der Waals surface area contributed by atoms with Crippen LogP contribution in [0.4, 0.5) is 43.8 Å². The number of amides is 1. The van der Waals surface area contributed by atoms with Crippen molar-refractivity contribution in [2.75, 3.05) is 22.6 Å². The van der Waals surface area contributed by atoms with Gasteiger partial charge in [-0.15, -0.1) is 0 Å². The van der Waals surface area contributed by atoms with Crippen molar-refractivity contribution in [3.8, 4) is 0 Å². The number of benzene rings is 2. The summed E-state index contributed by atoms with van der Waals surface area (Å²) in [6.07, 6.45) is 1.03. The van der Waals surface area contributed by atoms with Crippen LogP contribution in [0.5, 0.6) is 0 Å². The lowest BCUT2D eigenvalue weighted by atomic mass is 9.85. The molecule has 42 heavy (non-hydrogen) atoms. The highest BCUT2D eigenvalue weighted by Gasteiger charge is 2.37. The van der Waals surface area contributed by atoms with Gasteiger partial charge in [-0.05, 0) is 61.1 Å². The van der Waals surface area contributed by atoms with Crippen LogP contribution in [0.25, 0.3) is 0 Å². The second kappa shape index (κ2) is 11.4. The number of aromatic nitrogens is 2. The predicted octanol–water partition coefficient (Wildman–Crippen LogP) is 5.68. The smallest absolute Gasteiger partial charge is 0.247 e. The molecule has 2 N–H and O–H groups in total. The van der Waals surface area contributed by atoms with E-state index in [0.717, 1.165) is 24.3 Å². The summed E-state index contributed by atoms with van der Waals surface area (Å²) in [5.74, 6) is -7.72. The maximum atomic E-state index is 13.9. The lowest BCUT2D eigenvalue weighted by molar-refractivity contribution is -0.118. The highest BCUT2D eigenvalue weighted by molar-refractivity contribution is 6.03. The number of hydrogen-bond donors (Lipinski definition) is 2. The minimum atomic E-state index is -1.59. The Morgan fingerprint density at radius 3 is 1.90 bits per heavy atom. The van der Waals surface area contributed by atoms with E-state index in [1.54, 1.807) is 18.9 Å². The second-order valence-corrected chi connectivity index (χ2v) is 11.2. The summed E-state index contributed by atoms with van der Waals surface area (Å²) in [5, 5.41) is 6.18. The molecule has 1 saturated carbocycles. The topological polar surface area (TPSA) is 73.4 Å². The Hall–Kier alpha value is -3.87. The van der Waals surface area contributed by atoms with Gasteiger partial charge in [0.15, 0.2) is 40.7 Å². The van der Waals surface area contributed by atoms with E-state index in [4.69, 9.17) is 0 Å². The summed E-state index contributed by atoms with van der Waals surface area (Å²) < 4.78 is 82.7. The molecular weight excluding hydrogens is 562 g/mol. The number of carbonyl (C=O) groups excluding carboxylic acids is 1. The molecule has 3 aromatic rings. The quantitative estimate of drug-likeness (QED) is 0.259. The molecule has 13 heteroatoms. The van der Waals surface area contributed by atoms with Crippen LogP contribution in [-0.4, -0.2) is 45.9 Å². The number of nitrogens with one attached hydrogen (secondary N) is 2. The first kappa shape index (κ1) is 29.6. The normalized spacial score (nSPS) is 20.0. The molecule has 224 valence electrons. The fourth-order valence-electron chi connectivity index (χ4n) is 5.65. The van der Waals surface area contributed by atoms with Crippen LogP contribution in [0.1, 0.15) is 43.5 Å². The number of anilines is 3. The molecule has 1 aromatic heterocycles. The molecule has 1 amide bonds. The first-order valence-electron chi connectivity index (χ1n) is 13.5. The van der Waals surface area contributed by atoms with Gasteiger partial charge < -0.3 is 15.5 Å². The maximum Gasteiger partial charge on any atom is 0.247 e. The Morgan fingerprint density at radius 2 is 1.43 bits per heavy atom. The van der Waals surface area contributed by atoms with Gasteiger partial charge in [-0.25, -0.2) is 31.3 Å². The van der Waals surface area contributed by atoms with Gasteiger partial charge in [0.2, 0.25) is 11.9 Å². The number of likely N-dealkylation sites (N-methyl/N-ethyl adjacent to an activating group) is 1. The van der Waals surface area contributed by atoms with Gasteiger partial charge in [0, 0.05) is 32.2 Å². The van der Waals surface area contributed by atoms with E-state index in [2.05, 4.69) is 20.6 Å². The Labute approximate surface area is 238 Å². The number of halogens is 6. The Balaban J connectivity index is 1.33. The van der Waals surface area contributed by atoms with Gasteiger partial charge in [0.05, 0.1) is 5.69 Å². The summed E-state index contributed by atoms with van der Waals surface area (Å²) in [7, 11) is 1.80. The number of hydrogen-bond acceptors (Lipinski definition) is 6. The van der Waals surface area contributed by atoms with Crippen LogP contribution in [0, 0.1) is 47.7 Å². The van der Waals surface area contributed by atoms with Crippen molar-refractivity contribution in [1.82, 2.24) is 14.9 Å². The minimum absolute atomic E-state index is 0.0410. The monoisotopic (exact) mass is 592 g/mol. The SMILES string of the molecule is Cc1nc(NC2CC(N(Cc3cc(F)c(F)c(F)c3)Cc3cc(F)c(F)c(F)c3)C2)nc2c1NC(=O)[C@H](C(C)C)N2C. The fraction of sp³-hybridized carbons (Fsp3) is 0.414. The van der Waals surface area contributed by atoms with Crippen molar-refractivity contribution in [3.63, 3.8) is 0 Å². The van der Waals surface area contributed by atoms with E-state index >= 15 is 0 Å². The molecule has 1 aliphatic carbocycles. The first-order chi connectivity index (χ1) is 19.8. The third-order valence-electron chi connectivity index (χ3n) is 7.79. The Kier molecular flexibility index (Phi) is 8.06. The zero-order valence-electron chi connectivity index (χ0n) is 23.4.